The summed E-state index contributed by atoms with van der Waals surface area (Å²) in [5.41, 5.74) is 6.24. The van der Waals surface area contributed by atoms with Crippen molar-refractivity contribution in [2.24, 2.45) is 5.10 Å². The predicted octanol–water partition coefficient (Wildman–Crippen LogP) is 4.19. The minimum atomic E-state index is -0.236. The van der Waals surface area contributed by atoms with Crippen LogP contribution >= 0.6 is 0 Å². The molecule has 0 spiro atoms. The maximum absolute atomic E-state index is 12.1. The molecule has 126 valence electrons. The molecule has 0 heterocycles. The molecule has 1 N–H and O–H groups in total. The molecule has 0 bridgehead atoms. The molecule has 2 rings (SSSR count). The van der Waals surface area contributed by atoms with Gasteiger partial charge in [-0.3, -0.25) is 4.79 Å². The van der Waals surface area contributed by atoms with E-state index >= 15 is 0 Å². The summed E-state index contributed by atoms with van der Waals surface area (Å²) in [6, 6.07) is 15.3. The van der Waals surface area contributed by atoms with Gasteiger partial charge in [0.15, 0.2) is 0 Å². The van der Waals surface area contributed by atoms with E-state index in [9.17, 15) is 4.79 Å². The van der Waals surface area contributed by atoms with Crippen LogP contribution in [0.2, 0.25) is 0 Å². The predicted molar refractivity (Wildman–Crippen MR) is 97.7 cm³/mol. The highest BCUT2D eigenvalue weighted by atomic mass is 16.5. The van der Waals surface area contributed by atoms with E-state index in [1.807, 2.05) is 26.0 Å². The molecule has 0 aliphatic heterocycles. The number of amides is 1. The smallest absolute Gasteiger partial charge is 0.271 e. The lowest BCUT2D eigenvalue weighted by molar-refractivity contribution is 0.0955. The quantitative estimate of drug-likeness (QED) is 0.613. The van der Waals surface area contributed by atoms with Crippen molar-refractivity contribution in [1.29, 1.82) is 0 Å². The zero-order valence-corrected chi connectivity index (χ0v) is 14.5. The molecule has 0 radical (unpaired) electrons. The highest BCUT2D eigenvalue weighted by Gasteiger charge is 2.05. The molecule has 24 heavy (non-hydrogen) atoms. The van der Waals surface area contributed by atoms with Crippen molar-refractivity contribution in [1.82, 2.24) is 5.43 Å². The number of hydrogen-bond donors (Lipinski definition) is 1. The number of benzene rings is 2. The molecule has 0 fully saturated rings. The van der Waals surface area contributed by atoms with E-state index in [2.05, 4.69) is 29.6 Å². The molecule has 4 nitrogen and oxygen atoms in total. The summed E-state index contributed by atoms with van der Waals surface area (Å²) in [7, 11) is 0. The first-order valence-corrected chi connectivity index (χ1v) is 8.30. The number of carbonyl (C=O) groups is 1. The average Bonchev–Trinajstić information content (AvgIpc) is 2.61. The van der Waals surface area contributed by atoms with Crippen molar-refractivity contribution in [2.75, 3.05) is 6.61 Å². The Hall–Kier alpha value is -2.62. The van der Waals surface area contributed by atoms with Crippen molar-refractivity contribution in [2.45, 2.75) is 33.6 Å². The molecule has 0 aliphatic carbocycles. The van der Waals surface area contributed by atoms with Crippen LogP contribution in [-0.2, 0) is 6.42 Å². The SMILES string of the molecule is CCCc1ccc(C(C)=NNC(=O)c2ccc(OCC)cc2)cc1. The second kappa shape index (κ2) is 8.87. The third kappa shape index (κ3) is 4.95. The van der Waals surface area contributed by atoms with Crippen LogP contribution in [0.15, 0.2) is 53.6 Å². The Balaban J connectivity index is 1.99. The van der Waals surface area contributed by atoms with Crippen LogP contribution in [0.5, 0.6) is 5.75 Å². The van der Waals surface area contributed by atoms with Crippen molar-refractivity contribution in [3.63, 3.8) is 0 Å². The number of rotatable bonds is 7. The van der Waals surface area contributed by atoms with Crippen LogP contribution < -0.4 is 10.2 Å². The van der Waals surface area contributed by atoms with Gasteiger partial charge in [0.25, 0.3) is 5.91 Å². The first-order valence-electron chi connectivity index (χ1n) is 8.30. The zero-order valence-electron chi connectivity index (χ0n) is 14.5. The van der Waals surface area contributed by atoms with Crippen LogP contribution in [0.4, 0.5) is 0 Å². The molecule has 0 aliphatic rings. The van der Waals surface area contributed by atoms with Gasteiger partial charge in [0, 0.05) is 5.56 Å². The van der Waals surface area contributed by atoms with Gasteiger partial charge >= 0.3 is 0 Å². The van der Waals surface area contributed by atoms with Gasteiger partial charge in [0.05, 0.1) is 12.3 Å². The number of hydrogen-bond acceptors (Lipinski definition) is 3. The summed E-state index contributed by atoms with van der Waals surface area (Å²) in [5, 5.41) is 4.19. The fourth-order valence-corrected chi connectivity index (χ4v) is 2.33. The van der Waals surface area contributed by atoms with E-state index in [1.165, 1.54) is 5.56 Å². The van der Waals surface area contributed by atoms with Crippen molar-refractivity contribution < 1.29 is 9.53 Å². The van der Waals surface area contributed by atoms with Crippen LogP contribution in [0.1, 0.15) is 48.7 Å². The maximum atomic E-state index is 12.1. The molecule has 1 amide bonds. The first kappa shape index (κ1) is 17.7. The number of nitrogens with zero attached hydrogens (tertiary/aromatic N) is 1. The molecule has 4 heteroatoms. The van der Waals surface area contributed by atoms with Gasteiger partial charge < -0.3 is 4.74 Å². The van der Waals surface area contributed by atoms with Gasteiger partial charge in [-0.15, -0.1) is 0 Å². The lowest BCUT2D eigenvalue weighted by atomic mass is 10.1. The molecule has 0 unspecified atom stereocenters. The Morgan fingerprint density at radius 2 is 1.62 bits per heavy atom. The highest BCUT2D eigenvalue weighted by Crippen LogP contribution is 2.12. The van der Waals surface area contributed by atoms with E-state index in [0.717, 1.165) is 29.9 Å². The summed E-state index contributed by atoms with van der Waals surface area (Å²) in [5.74, 6) is 0.515. The normalized spacial score (nSPS) is 11.2. The van der Waals surface area contributed by atoms with Crippen LogP contribution in [-0.4, -0.2) is 18.2 Å². The fourth-order valence-electron chi connectivity index (χ4n) is 2.33. The second-order valence-corrected chi connectivity index (χ2v) is 5.54. The van der Waals surface area contributed by atoms with Gasteiger partial charge in [0.2, 0.25) is 0 Å². The summed E-state index contributed by atoms with van der Waals surface area (Å²) < 4.78 is 5.36. The molecule has 0 saturated heterocycles. The third-order valence-electron chi connectivity index (χ3n) is 3.66. The topological polar surface area (TPSA) is 50.7 Å². The Morgan fingerprint density at radius 1 is 1.00 bits per heavy atom. The van der Waals surface area contributed by atoms with Crippen molar-refractivity contribution in [3.8, 4) is 5.75 Å². The summed E-state index contributed by atoms with van der Waals surface area (Å²) in [6.45, 7) is 6.57. The van der Waals surface area contributed by atoms with Crippen LogP contribution in [0.3, 0.4) is 0 Å². The lowest BCUT2D eigenvalue weighted by Crippen LogP contribution is -2.19. The highest BCUT2D eigenvalue weighted by molar-refractivity contribution is 6.00. The maximum Gasteiger partial charge on any atom is 0.271 e. The fraction of sp³-hybridized carbons (Fsp3) is 0.300. The third-order valence-corrected chi connectivity index (χ3v) is 3.66. The minimum Gasteiger partial charge on any atom is -0.494 e. The Labute approximate surface area is 143 Å². The zero-order chi connectivity index (χ0) is 17.4. The molecule has 2 aromatic carbocycles. The van der Waals surface area contributed by atoms with E-state index in [-0.39, 0.29) is 5.91 Å². The van der Waals surface area contributed by atoms with Gasteiger partial charge in [0.1, 0.15) is 5.75 Å². The molecule has 0 aromatic heterocycles. The molecule has 2 aromatic rings. The summed E-state index contributed by atoms with van der Waals surface area (Å²) >= 11 is 0. The average molecular weight is 324 g/mol. The van der Waals surface area contributed by atoms with Gasteiger partial charge in [-0.25, -0.2) is 5.43 Å². The number of carbonyl (C=O) groups excluding carboxylic acids is 1. The largest absolute Gasteiger partial charge is 0.494 e. The van der Waals surface area contributed by atoms with Crippen molar-refractivity contribution in [3.05, 3.63) is 65.2 Å². The molecule has 0 saturated carbocycles. The Morgan fingerprint density at radius 3 is 2.21 bits per heavy atom. The number of nitrogens with one attached hydrogen (secondary N) is 1. The molecule has 0 atom stereocenters. The van der Waals surface area contributed by atoms with E-state index in [1.54, 1.807) is 24.3 Å². The first-order chi connectivity index (χ1) is 11.6. The Kier molecular flexibility index (Phi) is 6.55. The molecular formula is C20H24N2O2. The van der Waals surface area contributed by atoms with Crippen LogP contribution in [0.25, 0.3) is 0 Å². The summed E-state index contributed by atoms with van der Waals surface area (Å²) in [6.07, 6.45) is 2.20. The van der Waals surface area contributed by atoms with Gasteiger partial charge in [-0.05, 0) is 55.7 Å². The monoisotopic (exact) mass is 324 g/mol. The lowest BCUT2D eigenvalue weighted by Gasteiger charge is -2.06. The number of aryl methyl sites for hydroxylation is 1. The van der Waals surface area contributed by atoms with Gasteiger partial charge in [-0.1, -0.05) is 37.6 Å². The van der Waals surface area contributed by atoms with Crippen molar-refractivity contribution >= 4 is 11.6 Å². The second-order valence-electron chi connectivity index (χ2n) is 5.54. The number of ether oxygens (including phenoxy) is 1. The van der Waals surface area contributed by atoms with E-state index in [0.29, 0.717) is 12.2 Å². The van der Waals surface area contributed by atoms with Crippen LogP contribution in [0, 0.1) is 0 Å². The van der Waals surface area contributed by atoms with E-state index < -0.39 is 0 Å². The summed E-state index contributed by atoms with van der Waals surface area (Å²) in [4.78, 5) is 12.1. The van der Waals surface area contributed by atoms with E-state index in [4.69, 9.17) is 4.74 Å². The Bertz CT molecular complexity index is 689. The number of hydrazone groups is 1. The molecular weight excluding hydrogens is 300 g/mol. The minimum absolute atomic E-state index is 0.236. The van der Waals surface area contributed by atoms with Gasteiger partial charge in [-0.2, -0.15) is 5.10 Å². The standard InChI is InChI=1S/C20H24N2O2/c1-4-6-16-7-9-17(10-8-16)15(3)21-22-20(23)18-11-13-19(14-12-18)24-5-2/h7-14H,4-6H2,1-3H3,(H,22,23).